The molecular formula is C16H22ClNO3. The number of hydrogen-bond donors (Lipinski definition) is 1. The molecule has 0 aromatic heterocycles. The number of likely N-dealkylation sites (tertiary alicyclic amines) is 1. The molecule has 0 aliphatic carbocycles. The van der Waals surface area contributed by atoms with Gasteiger partial charge in [-0.2, -0.15) is 0 Å². The van der Waals surface area contributed by atoms with Crippen LogP contribution in [0.5, 0.6) is 5.75 Å². The van der Waals surface area contributed by atoms with E-state index in [1.807, 2.05) is 12.1 Å². The Hall–Kier alpha value is -1.26. The summed E-state index contributed by atoms with van der Waals surface area (Å²) in [7, 11) is 0. The minimum Gasteiger partial charge on any atom is -0.494 e. The second kappa shape index (κ2) is 7.66. The van der Waals surface area contributed by atoms with Crippen LogP contribution in [0, 0.1) is 5.92 Å². The zero-order valence-electron chi connectivity index (χ0n) is 12.3. The molecule has 2 atom stereocenters. The average Bonchev–Trinajstić information content (AvgIpc) is 2.46. The molecule has 2 unspecified atom stereocenters. The van der Waals surface area contributed by atoms with Gasteiger partial charge in [-0.05, 0) is 56.0 Å². The van der Waals surface area contributed by atoms with Crippen molar-refractivity contribution in [3.63, 3.8) is 0 Å². The lowest BCUT2D eigenvalue weighted by Gasteiger charge is -2.35. The van der Waals surface area contributed by atoms with Crippen molar-refractivity contribution >= 4 is 17.6 Å². The first-order chi connectivity index (χ1) is 10.1. The molecule has 0 amide bonds. The molecule has 4 nitrogen and oxygen atoms in total. The highest BCUT2D eigenvalue weighted by atomic mass is 35.5. The Labute approximate surface area is 130 Å². The molecular weight excluding hydrogens is 290 g/mol. The van der Waals surface area contributed by atoms with Gasteiger partial charge in [0.25, 0.3) is 0 Å². The van der Waals surface area contributed by atoms with Gasteiger partial charge in [0, 0.05) is 11.6 Å². The maximum absolute atomic E-state index is 11.3. The predicted octanol–water partition coefficient (Wildman–Crippen LogP) is 3.29. The van der Waals surface area contributed by atoms with E-state index in [0.717, 1.165) is 38.1 Å². The van der Waals surface area contributed by atoms with Gasteiger partial charge in [-0.1, -0.05) is 18.5 Å². The number of carbonyl (C=O) groups is 1. The number of hydrogen-bond acceptors (Lipinski definition) is 3. The van der Waals surface area contributed by atoms with Crippen LogP contribution in [-0.2, 0) is 4.79 Å². The first-order valence-electron chi connectivity index (χ1n) is 7.41. The van der Waals surface area contributed by atoms with E-state index in [1.54, 1.807) is 12.1 Å². The zero-order chi connectivity index (χ0) is 15.2. The molecule has 1 aliphatic rings. The summed E-state index contributed by atoms with van der Waals surface area (Å²) in [6, 6.07) is 6.92. The normalized spacial score (nSPS) is 23.0. The molecule has 0 radical (unpaired) electrons. The van der Waals surface area contributed by atoms with Gasteiger partial charge in [0.15, 0.2) is 0 Å². The van der Waals surface area contributed by atoms with Gasteiger partial charge >= 0.3 is 5.97 Å². The molecule has 0 spiro atoms. The smallest absolute Gasteiger partial charge is 0.320 e. The molecule has 0 bridgehead atoms. The van der Waals surface area contributed by atoms with Gasteiger partial charge < -0.3 is 9.84 Å². The second-order valence-electron chi connectivity index (χ2n) is 5.68. The van der Waals surface area contributed by atoms with Crippen molar-refractivity contribution in [3.05, 3.63) is 29.3 Å². The van der Waals surface area contributed by atoms with E-state index in [2.05, 4.69) is 11.8 Å². The van der Waals surface area contributed by atoms with Gasteiger partial charge in [0.1, 0.15) is 11.8 Å². The van der Waals surface area contributed by atoms with E-state index < -0.39 is 5.97 Å². The lowest BCUT2D eigenvalue weighted by molar-refractivity contribution is -0.145. The van der Waals surface area contributed by atoms with E-state index in [1.165, 1.54) is 0 Å². The van der Waals surface area contributed by atoms with Crippen molar-refractivity contribution in [2.45, 2.75) is 32.2 Å². The standard InChI is InChI=1S/C16H22ClNO3/c1-12-7-9-18(15(11-12)16(19)20)8-2-10-21-14-5-3-13(17)4-6-14/h3-6,12,15H,2,7-11H2,1H3,(H,19,20). The summed E-state index contributed by atoms with van der Waals surface area (Å²) < 4.78 is 5.64. The molecule has 5 heteroatoms. The zero-order valence-corrected chi connectivity index (χ0v) is 13.1. The Morgan fingerprint density at radius 1 is 1.43 bits per heavy atom. The highest BCUT2D eigenvalue weighted by Gasteiger charge is 2.31. The summed E-state index contributed by atoms with van der Waals surface area (Å²) in [5, 5.41) is 9.99. The number of ether oxygens (including phenoxy) is 1. The fraction of sp³-hybridized carbons (Fsp3) is 0.562. The molecule has 1 saturated heterocycles. The first kappa shape index (κ1) is 16.1. The summed E-state index contributed by atoms with van der Waals surface area (Å²) in [5.74, 6) is 0.578. The largest absolute Gasteiger partial charge is 0.494 e. The van der Waals surface area contributed by atoms with Crippen LogP contribution in [0.4, 0.5) is 0 Å². The molecule has 116 valence electrons. The number of carboxylic acids is 1. The average molecular weight is 312 g/mol. The topological polar surface area (TPSA) is 49.8 Å². The van der Waals surface area contributed by atoms with Crippen LogP contribution in [0.15, 0.2) is 24.3 Å². The van der Waals surface area contributed by atoms with Crippen LogP contribution in [0.25, 0.3) is 0 Å². The quantitative estimate of drug-likeness (QED) is 0.819. The summed E-state index contributed by atoms with van der Waals surface area (Å²) >= 11 is 5.81. The number of nitrogens with zero attached hydrogens (tertiary/aromatic N) is 1. The van der Waals surface area contributed by atoms with Gasteiger partial charge in [0.05, 0.1) is 6.61 Å². The minimum atomic E-state index is -0.708. The molecule has 1 heterocycles. The monoisotopic (exact) mass is 311 g/mol. The van der Waals surface area contributed by atoms with Gasteiger partial charge in [-0.15, -0.1) is 0 Å². The molecule has 2 rings (SSSR count). The van der Waals surface area contributed by atoms with Crippen molar-refractivity contribution in [1.82, 2.24) is 4.90 Å². The van der Waals surface area contributed by atoms with Crippen molar-refractivity contribution < 1.29 is 14.6 Å². The number of carboxylic acid groups (broad SMARTS) is 1. The van der Waals surface area contributed by atoms with Crippen molar-refractivity contribution in [3.8, 4) is 5.75 Å². The van der Waals surface area contributed by atoms with Crippen LogP contribution in [-0.4, -0.2) is 41.7 Å². The van der Waals surface area contributed by atoms with Gasteiger partial charge in [0.2, 0.25) is 0 Å². The van der Waals surface area contributed by atoms with E-state index in [9.17, 15) is 9.90 Å². The van der Waals surface area contributed by atoms with Crippen LogP contribution in [0.3, 0.4) is 0 Å². The van der Waals surface area contributed by atoms with Gasteiger partial charge in [-0.25, -0.2) is 0 Å². The molecule has 1 N–H and O–H groups in total. The summed E-state index contributed by atoms with van der Waals surface area (Å²) in [5.41, 5.74) is 0. The fourth-order valence-corrected chi connectivity index (χ4v) is 2.83. The van der Waals surface area contributed by atoms with E-state index in [4.69, 9.17) is 16.3 Å². The summed E-state index contributed by atoms with van der Waals surface area (Å²) in [4.78, 5) is 13.4. The Balaban J connectivity index is 1.74. The highest BCUT2D eigenvalue weighted by Crippen LogP contribution is 2.23. The maximum atomic E-state index is 11.3. The van der Waals surface area contributed by atoms with Crippen molar-refractivity contribution in [2.75, 3.05) is 19.7 Å². The Kier molecular flexibility index (Phi) is 5.88. The fourth-order valence-electron chi connectivity index (χ4n) is 2.70. The number of aliphatic carboxylic acids is 1. The Bertz CT molecular complexity index is 463. The third-order valence-corrected chi connectivity index (χ3v) is 4.18. The van der Waals surface area contributed by atoms with E-state index >= 15 is 0 Å². The number of rotatable bonds is 6. The maximum Gasteiger partial charge on any atom is 0.320 e. The van der Waals surface area contributed by atoms with Crippen LogP contribution in [0.1, 0.15) is 26.2 Å². The van der Waals surface area contributed by atoms with E-state index in [-0.39, 0.29) is 6.04 Å². The van der Waals surface area contributed by atoms with Crippen LogP contribution >= 0.6 is 11.6 Å². The summed E-state index contributed by atoms with van der Waals surface area (Å²) in [6.07, 6.45) is 2.63. The third-order valence-electron chi connectivity index (χ3n) is 3.93. The van der Waals surface area contributed by atoms with Crippen molar-refractivity contribution in [2.24, 2.45) is 5.92 Å². The molecule has 1 aromatic carbocycles. The minimum absolute atomic E-state index is 0.343. The summed E-state index contributed by atoms with van der Waals surface area (Å²) in [6.45, 7) is 4.33. The number of benzene rings is 1. The van der Waals surface area contributed by atoms with Crippen molar-refractivity contribution in [1.29, 1.82) is 0 Å². The van der Waals surface area contributed by atoms with E-state index in [0.29, 0.717) is 17.5 Å². The molecule has 1 aromatic rings. The first-order valence-corrected chi connectivity index (χ1v) is 7.79. The van der Waals surface area contributed by atoms with Gasteiger partial charge in [-0.3, -0.25) is 9.69 Å². The highest BCUT2D eigenvalue weighted by molar-refractivity contribution is 6.30. The second-order valence-corrected chi connectivity index (χ2v) is 6.11. The SMILES string of the molecule is CC1CCN(CCCOc2ccc(Cl)cc2)C(C(=O)O)C1. The number of piperidine rings is 1. The molecule has 1 fully saturated rings. The third kappa shape index (κ3) is 4.90. The van der Waals surface area contributed by atoms with Crippen LogP contribution in [0.2, 0.25) is 5.02 Å². The van der Waals surface area contributed by atoms with Crippen LogP contribution < -0.4 is 4.74 Å². The Morgan fingerprint density at radius 2 is 2.14 bits per heavy atom. The molecule has 0 saturated carbocycles. The molecule has 1 aliphatic heterocycles. The number of halogens is 1. The lowest BCUT2D eigenvalue weighted by Crippen LogP contribution is -2.47. The molecule has 21 heavy (non-hydrogen) atoms. The predicted molar refractivity (Wildman–Crippen MR) is 83.0 cm³/mol. The Morgan fingerprint density at radius 3 is 2.81 bits per heavy atom. The lowest BCUT2D eigenvalue weighted by atomic mass is 9.92.